The summed E-state index contributed by atoms with van der Waals surface area (Å²) in [6.45, 7) is 0.820. The van der Waals surface area contributed by atoms with Gasteiger partial charge < -0.3 is 19.9 Å². The molecule has 0 radical (unpaired) electrons. The molecule has 1 amide bonds. The maximum Gasteiger partial charge on any atom is 0.404 e. The minimum Gasteiger partial charge on any atom is -0.465 e. The van der Waals surface area contributed by atoms with Crippen molar-refractivity contribution in [2.24, 2.45) is 0 Å². The van der Waals surface area contributed by atoms with Crippen LogP contribution >= 0.6 is 0 Å². The number of carboxylic acid groups (broad SMARTS) is 1. The second kappa shape index (κ2) is 6.31. The van der Waals surface area contributed by atoms with E-state index in [9.17, 15) is 4.79 Å². The van der Waals surface area contributed by atoms with Crippen molar-refractivity contribution in [2.75, 3.05) is 27.1 Å². The fraction of sp³-hybridized carbons (Fsp3) is 0.800. The summed E-state index contributed by atoms with van der Waals surface area (Å²) in [6.07, 6.45) is -1.04. The van der Waals surface area contributed by atoms with Crippen molar-refractivity contribution in [3.63, 3.8) is 0 Å². The Hall–Kier alpha value is -0.810. The molecule has 60 valence electrons. The molecule has 0 rings (SSSR count). The molecule has 0 fully saturated rings. The summed E-state index contributed by atoms with van der Waals surface area (Å²) in [6, 6.07) is 0. The summed E-state index contributed by atoms with van der Waals surface area (Å²) in [4.78, 5) is 9.83. The van der Waals surface area contributed by atoms with Crippen molar-refractivity contribution in [3.8, 4) is 0 Å². The SMILES string of the molecule is COCOCCNC(=O)O. The van der Waals surface area contributed by atoms with Gasteiger partial charge in [-0.05, 0) is 0 Å². The minimum atomic E-state index is -1.04. The molecule has 2 N–H and O–H groups in total. The topological polar surface area (TPSA) is 67.8 Å². The predicted octanol–water partition coefficient (Wildman–Crippen LogP) is -0.125. The highest BCUT2D eigenvalue weighted by Crippen LogP contribution is 1.72. The highest BCUT2D eigenvalue weighted by Gasteiger charge is 1.91. The Kier molecular flexibility index (Phi) is 5.80. The van der Waals surface area contributed by atoms with Gasteiger partial charge >= 0.3 is 6.09 Å². The molecule has 0 unspecified atom stereocenters. The largest absolute Gasteiger partial charge is 0.465 e. The standard InChI is InChI=1S/C5H11NO4/c1-9-4-10-3-2-6-5(7)8/h6H,2-4H2,1H3,(H,7,8). The third-order valence-electron chi connectivity index (χ3n) is 0.724. The molecule has 0 aromatic carbocycles. The van der Waals surface area contributed by atoms with Gasteiger partial charge in [-0.2, -0.15) is 0 Å². The number of carbonyl (C=O) groups is 1. The van der Waals surface area contributed by atoms with Crippen molar-refractivity contribution >= 4 is 6.09 Å². The molecular formula is C5H11NO4. The van der Waals surface area contributed by atoms with Gasteiger partial charge in [0.15, 0.2) is 0 Å². The average molecular weight is 149 g/mol. The van der Waals surface area contributed by atoms with Gasteiger partial charge in [-0.3, -0.25) is 0 Å². The fourth-order valence-corrected chi connectivity index (χ4v) is 0.372. The summed E-state index contributed by atoms with van der Waals surface area (Å²) in [5.41, 5.74) is 0. The average Bonchev–Trinajstić information content (AvgIpc) is 1.87. The number of nitrogens with one attached hydrogen (secondary N) is 1. The van der Waals surface area contributed by atoms with E-state index in [4.69, 9.17) is 9.84 Å². The quantitative estimate of drug-likeness (QED) is 0.422. The van der Waals surface area contributed by atoms with Crippen LogP contribution in [0.4, 0.5) is 4.79 Å². The van der Waals surface area contributed by atoms with E-state index in [1.807, 2.05) is 0 Å². The Labute approximate surface area is 58.9 Å². The summed E-state index contributed by atoms with van der Waals surface area (Å²) < 4.78 is 9.34. The maximum atomic E-state index is 9.83. The van der Waals surface area contributed by atoms with Crippen LogP contribution in [0.15, 0.2) is 0 Å². The lowest BCUT2D eigenvalue weighted by Gasteiger charge is -2.01. The van der Waals surface area contributed by atoms with Gasteiger partial charge in [-0.1, -0.05) is 0 Å². The molecule has 0 aliphatic rings. The van der Waals surface area contributed by atoms with Crippen LogP contribution in [0.2, 0.25) is 0 Å². The third-order valence-corrected chi connectivity index (χ3v) is 0.724. The molecule has 0 saturated carbocycles. The van der Waals surface area contributed by atoms with Gasteiger partial charge in [-0.15, -0.1) is 0 Å². The molecule has 5 nitrogen and oxygen atoms in total. The van der Waals surface area contributed by atoms with Gasteiger partial charge in [0.2, 0.25) is 0 Å². The molecule has 5 heteroatoms. The second-order valence-corrected chi connectivity index (χ2v) is 1.55. The molecule has 0 saturated heterocycles. The van der Waals surface area contributed by atoms with E-state index >= 15 is 0 Å². The Morgan fingerprint density at radius 1 is 1.70 bits per heavy atom. The Balaban J connectivity index is 2.84. The lowest BCUT2D eigenvalue weighted by molar-refractivity contribution is -0.0286. The number of methoxy groups -OCH3 is 1. The number of rotatable bonds is 5. The molecule has 0 aromatic rings. The van der Waals surface area contributed by atoms with Crippen molar-refractivity contribution in [1.29, 1.82) is 0 Å². The van der Waals surface area contributed by atoms with Gasteiger partial charge in [0.1, 0.15) is 6.79 Å². The Morgan fingerprint density at radius 3 is 2.90 bits per heavy atom. The first-order valence-corrected chi connectivity index (χ1v) is 2.81. The Morgan fingerprint density at radius 2 is 2.40 bits per heavy atom. The molecule has 0 aromatic heterocycles. The molecule has 0 aliphatic carbocycles. The zero-order valence-electron chi connectivity index (χ0n) is 5.79. The van der Waals surface area contributed by atoms with E-state index in [2.05, 4.69) is 10.1 Å². The maximum absolute atomic E-state index is 9.83. The highest BCUT2D eigenvalue weighted by molar-refractivity contribution is 5.64. The molecule has 0 bridgehead atoms. The summed E-state index contributed by atoms with van der Waals surface area (Å²) in [5.74, 6) is 0. The molecule has 0 atom stereocenters. The van der Waals surface area contributed by atoms with Crippen LogP contribution in [0.3, 0.4) is 0 Å². The van der Waals surface area contributed by atoms with E-state index in [1.54, 1.807) is 0 Å². The molecular weight excluding hydrogens is 138 g/mol. The van der Waals surface area contributed by atoms with E-state index in [0.29, 0.717) is 13.2 Å². The van der Waals surface area contributed by atoms with Crippen LogP contribution in [0.25, 0.3) is 0 Å². The third kappa shape index (κ3) is 7.19. The highest BCUT2D eigenvalue weighted by atomic mass is 16.7. The van der Waals surface area contributed by atoms with Gasteiger partial charge in [0, 0.05) is 13.7 Å². The van der Waals surface area contributed by atoms with Crippen LogP contribution in [0, 0.1) is 0 Å². The van der Waals surface area contributed by atoms with E-state index in [1.165, 1.54) is 7.11 Å². The lowest BCUT2D eigenvalue weighted by atomic mass is 10.7. The predicted molar refractivity (Wildman–Crippen MR) is 33.9 cm³/mol. The number of hydrogen-bond acceptors (Lipinski definition) is 3. The van der Waals surface area contributed by atoms with Gasteiger partial charge in [-0.25, -0.2) is 4.79 Å². The van der Waals surface area contributed by atoms with Crippen LogP contribution in [-0.4, -0.2) is 38.3 Å². The van der Waals surface area contributed by atoms with Gasteiger partial charge in [0.25, 0.3) is 0 Å². The first kappa shape index (κ1) is 9.19. The monoisotopic (exact) mass is 149 g/mol. The zero-order valence-corrected chi connectivity index (χ0v) is 5.79. The summed E-state index contributed by atoms with van der Waals surface area (Å²) in [7, 11) is 1.50. The normalized spacial score (nSPS) is 9.30. The molecule has 10 heavy (non-hydrogen) atoms. The molecule has 0 heterocycles. The summed E-state index contributed by atoms with van der Waals surface area (Å²) >= 11 is 0. The van der Waals surface area contributed by atoms with E-state index in [-0.39, 0.29) is 6.79 Å². The lowest BCUT2D eigenvalue weighted by Crippen LogP contribution is -2.25. The fourth-order valence-electron chi connectivity index (χ4n) is 0.372. The van der Waals surface area contributed by atoms with Crippen molar-refractivity contribution in [3.05, 3.63) is 0 Å². The minimum absolute atomic E-state index is 0.196. The van der Waals surface area contributed by atoms with Crippen molar-refractivity contribution in [2.45, 2.75) is 0 Å². The second-order valence-electron chi connectivity index (χ2n) is 1.55. The zero-order chi connectivity index (χ0) is 7.82. The smallest absolute Gasteiger partial charge is 0.404 e. The van der Waals surface area contributed by atoms with E-state index in [0.717, 1.165) is 0 Å². The molecule has 0 aliphatic heterocycles. The van der Waals surface area contributed by atoms with Crippen LogP contribution in [0.1, 0.15) is 0 Å². The van der Waals surface area contributed by atoms with Crippen LogP contribution in [-0.2, 0) is 9.47 Å². The summed E-state index contributed by atoms with van der Waals surface area (Å²) in [5, 5.41) is 10.2. The van der Waals surface area contributed by atoms with Crippen LogP contribution < -0.4 is 5.32 Å². The number of hydrogen-bond donors (Lipinski definition) is 2. The van der Waals surface area contributed by atoms with Crippen LogP contribution in [0.5, 0.6) is 0 Å². The number of amides is 1. The van der Waals surface area contributed by atoms with Crippen molar-refractivity contribution < 1.29 is 19.4 Å². The Bertz CT molecular complexity index is 95.6. The first-order chi connectivity index (χ1) is 4.77. The van der Waals surface area contributed by atoms with Crippen molar-refractivity contribution in [1.82, 2.24) is 5.32 Å². The van der Waals surface area contributed by atoms with Gasteiger partial charge in [0.05, 0.1) is 6.61 Å². The van der Waals surface area contributed by atoms with E-state index < -0.39 is 6.09 Å². The molecule has 0 spiro atoms. The number of ether oxygens (including phenoxy) is 2. The first-order valence-electron chi connectivity index (χ1n) is 2.81.